The molecular formula is C12H17N3O4. The Morgan fingerprint density at radius 2 is 2.16 bits per heavy atom. The Hall–Kier alpha value is -2.15. The second-order valence-corrected chi connectivity index (χ2v) is 4.11. The van der Waals surface area contributed by atoms with Crippen LogP contribution in [0.15, 0.2) is 6.07 Å². The second-order valence-electron chi connectivity index (χ2n) is 4.11. The minimum atomic E-state index is -1.10. The zero-order chi connectivity index (χ0) is 14.6. The Balaban J connectivity index is 3.00. The van der Waals surface area contributed by atoms with Gasteiger partial charge in [0.1, 0.15) is 5.82 Å². The van der Waals surface area contributed by atoms with E-state index in [0.29, 0.717) is 11.3 Å². The van der Waals surface area contributed by atoms with Crippen molar-refractivity contribution < 1.29 is 19.4 Å². The number of methoxy groups -OCH3 is 1. The maximum Gasteiger partial charge on any atom is 0.334 e. The van der Waals surface area contributed by atoms with E-state index >= 15 is 0 Å². The fraction of sp³-hybridized carbons (Fsp3) is 0.417. The summed E-state index contributed by atoms with van der Waals surface area (Å²) in [6, 6.07) is 1.73. The summed E-state index contributed by atoms with van der Waals surface area (Å²) >= 11 is 0. The number of aromatic nitrogens is 1. The predicted molar refractivity (Wildman–Crippen MR) is 69.2 cm³/mol. The lowest BCUT2D eigenvalue weighted by Crippen LogP contribution is -2.31. The lowest BCUT2D eigenvalue weighted by Gasteiger charge is -2.15. The number of rotatable bonds is 6. The van der Waals surface area contributed by atoms with Crippen LogP contribution in [0.25, 0.3) is 0 Å². The SMILES string of the molecule is COC(CNc1nc(C)cc(C)c1C(N)=O)C(=O)O. The molecule has 1 rings (SSSR count). The molecule has 0 bridgehead atoms. The fourth-order valence-corrected chi connectivity index (χ4v) is 1.74. The summed E-state index contributed by atoms with van der Waals surface area (Å²) in [5.41, 5.74) is 6.94. The van der Waals surface area contributed by atoms with Crippen LogP contribution in [0.3, 0.4) is 0 Å². The first-order valence-corrected chi connectivity index (χ1v) is 5.64. The van der Waals surface area contributed by atoms with E-state index in [1.807, 2.05) is 0 Å². The van der Waals surface area contributed by atoms with Crippen molar-refractivity contribution in [3.05, 3.63) is 22.9 Å². The van der Waals surface area contributed by atoms with E-state index < -0.39 is 18.0 Å². The molecule has 0 aliphatic rings. The van der Waals surface area contributed by atoms with Gasteiger partial charge in [-0.1, -0.05) is 0 Å². The van der Waals surface area contributed by atoms with Gasteiger partial charge < -0.3 is 20.9 Å². The van der Waals surface area contributed by atoms with Gasteiger partial charge in [-0.15, -0.1) is 0 Å². The molecule has 4 N–H and O–H groups in total. The Kier molecular flexibility index (Phi) is 4.82. The molecule has 0 aliphatic carbocycles. The zero-order valence-corrected chi connectivity index (χ0v) is 11.1. The van der Waals surface area contributed by atoms with E-state index in [9.17, 15) is 9.59 Å². The molecule has 0 spiro atoms. The number of carboxylic acids is 1. The normalized spacial score (nSPS) is 11.9. The second kappa shape index (κ2) is 6.14. The molecule has 1 heterocycles. The van der Waals surface area contributed by atoms with Gasteiger partial charge in [0.05, 0.1) is 12.1 Å². The number of hydrogen-bond acceptors (Lipinski definition) is 5. The van der Waals surface area contributed by atoms with Crippen LogP contribution >= 0.6 is 0 Å². The molecule has 1 atom stereocenters. The van der Waals surface area contributed by atoms with Crippen LogP contribution in [0.1, 0.15) is 21.6 Å². The fourth-order valence-electron chi connectivity index (χ4n) is 1.74. The molecule has 1 aromatic heterocycles. The minimum absolute atomic E-state index is 0.0119. The van der Waals surface area contributed by atoms with E-state index in [1.54, 1.807) is 19.9 Å². The van der Waals surface area contributed by atoms with Gasteiger partial charge in [0.15, 0.2) is 6.10 Å². The molecule has 1 amide bonds. The van der Waals surface area contributed by atoms with Crippen molar-refractivity contribution in [1.82, 2.24) is 4.98 Å². The number of hydrogen-bond donors (Lipinski definition) is 3. The van der Waals surface area contributed by atoms with Crippen molar-refractivity contribution >= 4 is 17.7 Å². The third-order valence-electron chi connectivity index (χ3n) is 2.61. The predicted octanol–water partition coefficient (Wildman–Crippen LogP) is 0.309. The smallest absolute Gasteiger partial charge is 0.334 e. The summed E-state index contributed by atoms with van der Waals surface area (Å²) in [4.78, 5) is 26.4. The molecule has 0 aliphatic heterocycles. The summed E-state index contributed by atoms with van der Waals surface area (Å²) in [5.74, 6) is -1.44. The number of ether oxygens (including phenoxy) is 1. The van der Waals surface area contributed by atoms with E-state index in [1.165, 1.54) is 7.11 Å². The largest absolute Gasteiger partial charge is 0.479 e. The molecule has 0 radical (unpaired) electrons. The van der Waals surface area contributed by atoms with Crippen LogP contribution in [-0.4, -0.2) is 41.7 Å². The Labute approximate surface area is 110 Å². The number of nitrogens with two attached hydrogens (primary N) is 1. The number of carbonyl (C=O) groups excluding carboxylic acids is 1. The van der Waals surface area contributed by atoms with E-state index in [4.69, 9.17) is 15.6 Å². The number of amides is 1. The lowest BCUT2D eigenvalue weighted by atomic mass is 10.1. The summed E-state index contributed by atoms with van der Waals surface area (Å²) in [6.07, 6.45) is -1.02. The minimum Gasteiger partial charge on any atom is -0.479 e. The quantitative estimate of drug-likeness (QED) is 0.683. The van der Waals surface area contributed by atoms with Crippen molar-refractivity contribution in [2.75, 3.05) is 19.0 Å². The van der Waals surface area contributed by atoms with E-state index in [0.717, 1.165) is 0 Å². The third kappa shape index (κ3) is 3.65. The molecular weight excluding hydrogens is 250 g/mol. The number of carboxylic acid groups (broad SMARTS) is 1. The lowest BCUT2D eigenvalue weighted by molar-refractivity contribution is -0.147. The molecule has 7 nitrogen and oxygen atoms in total. The summed E-state index contributed by atoms with van der Waals surface area (Å²) in [7, 11) is 1.30. The average molecular weight is 267 g/mol. The first-order chi connectivity index (χ1) is 8.86. The van der Waals surface area contributed by atoms with Crippen molar-refractivity contribution in [2.24, 2.45) is 5.73 Å². The van der Waals surface area contributed by atoms with Gasteiger partial charge in [-0.3, -0.25) is 4.79 Å². The molecule has 0 fully saturated rings. The van der Waals surface area contributed by atoms with Gasteiger partial charge in [0.25, 0.3) is 5.91 Å². The Morgan fingerprint density at radius 3 is 2.63 bits per heavy atom. The van der Waals surface area contributed by atoms with Gasteiger partial charge in [0, 0.05) is 12.8 Å². The maximum atomic E-state index is 11.4. The first-order valence-electron chi connectivity index (χ1n) is 5.64. The van der Waals surface area contributed by atoms with Crippen molar-refractivity contribution in [3.8, 4) is 0 Å². The van der Waals surface area contributed by atoms with Crippen molar-refractivity contribution in [3.63, 3.8) is 0 Å². The van der Waals surface area contributed by atoms with Gasteiger partial charge in [-0.25, -0.2) is 9.78 Å². The number of aliphatic carboxylic acids is 1. The van der Waals surface area contributed by atoms with E-state index in [2.05, 4.69) is 10.3 Å². The number of nitrogens with zero attached hydrogens (tertiary/aromatic N) is 1. The Morgan fingerprint density at radius 1 is 1.53 bits per heavy atom. The van der Waals surface area contributed by atoms with E-state index in [-0.39, 0.29) is 17.9 Å². The highest BCUT2D eigenvalue weighted by Crippen LogP contribution is 2.18. The number of carbonyl (C=O) groups is 2. The molecule has 0 saturated carbocycles. The standard InChI is InChI=1S/C12H17N3O4/c1-6-4-7(2)15-11(9(6)10(13)16)14-5-8(19-3)12(17)18/h4,8H,5H2,1-3H3,(H2,13,16)(H,14,15)(H,17,18). The summed E-state index contributed by atoms with van der Waals surface area (Å²) in [5, 5.41) is 11.7. The zero-order valence-electron chi connectivity index (χ0n) is 11.1. The highest BCUT2D eigenvalue weighted by atomic mass is 16.5. The van der Waals surface area contributed by atoms with Gasteiger partial charge >= 0.3 is 5.97 Å². The van der Waals surface area contributed by atoms with Crippen LogP contribution < -0.4 is 11.1 Å². The number of anilines is 1. The summed E-state index contributed by atoms with van der Waals surface area (Å²) in [6.45, 7) is 3.50. The van der Waals surface area contributed by atoms with Crippen LogP contribution in [0, 0.1) is 13.8 Å². The molecule has 7 heteroatoms. The molecule has 19 heavy (non-hydrogen) atoms. The van der Waals surface area contributed by atoms with Crippen LogP contribution in [0.2, 0.25) is 0 Å². The monoisotopic (exact) mass is 267 g/mol. The molecule has 0 saturated heterocycles. The van der Waals surface area contributed by atoms with Gasteiger partial charge in [0.2, 0.25) is 0 Å². The van der Waals surface area contributed by atoms with Gasteiger partial charge in [-0.05, 0) is 25.5 Å². The maximum absolute atomic E-state index is 11.4. The first kappa shape index (κ1) is 14.9. The van der Waals surface area contributed by atoms with Crippen LogP contribution in [0.4, 0.5) is 5.82 Å². The average Bonchev–Trinajstić information content (AvgIpc) is 2.27. The topological polar surface area (TPSA) is 115 Å². The Bertz CT molecular complexity index is 502. The highest BCUT2D eigenvalue weighted by molar-refractivity contribution is 5.99. The third-order valence-corrected chi connectivity index (χ3v) is 2.61. The van der Waals surface area contributed by atoms with Crippen molar-refractivity contribution in [1.29, 1.82) is 0 Å². The number of nitrogens with one attached hydrogen (secondary N) is 1. The number of primary amides is 1. The van der Waals surface area contributed by atoms with Crippen molar-refractivity contribution in [2.45, 2.75) is 20.0 Å². The number of aryl methyl sites for hydroxylation is 2. The highest BCUT2D eigenvalue weighted by Gasteiger charge is 2.19. The molecule has 104 valence electrons. The molecule has 0 aromatic carbocycles. The molecule has 1 unspecified atom stereocenters. The van der Waals surface area contributed by atoms with Crippen LogP contribution in [0.5, 0.6) is 0 Å². The van der Waals surface area contributed by atoms with Crippen LogP contribution in [-0.2, 0) is 9.53 Å². The number of pyridine rings is 1. The van der Waals surface area contributed by atoms with Gasteiger partial charge in [-0.2, -0.15) is 0 Å². The molecule has 1 aromatic rings. The summed E-state index contributed by atoms with van der Waals surface area (Å²) < 4.78 is 4.79.